The minimum absolute atomic E-state index is 0.379. The van der Waals surface area contributed by atoms with Crippen molar-refractivity contribution >= 4 is 202 Å². The molecule has 6 aromatic heterocycles. The molecule has 0 N–H and O–H groups in total. The molecule has 0 aliphatic carbocycles. The molecule has 0 atom stereocenters. The van der Waals surface area contributed by atoms with Gasteiger partial charge in [0.25, 0.3) is 0 Å². The van der Waals surface area contributed by atoms with Crippen LogP contribution in [0, 0.1) is 0 Å². The number of rotatable bonds is 6. The van der Waals surface area contributed by atoms with Crippen LogP contribution in [-0.4, -0.2) is 55.0 Å². The first-order valence-electron chi connectivity index (χ1n) is 40.3. The standard InChI is InChI=1S/3C34H27BO4/c1-33(2)34(3,4)39-35(38-33)28-13-8-12-26-25-11-7-10-23(31(25)37-32(26)28)21-16-15-20-19-30-27(18-22(20)17-21)24-9-5-6-14-29(24)36-30;1-33(2)34(3,4)39-35(38-33)22-13-14-25-27-17-21(12-15-30(27)37-31(25)18-22)23-10-7-8-20-16-28-24-9-5-6-11-29(24)36-32(28)19-26(20)23;1-33(2)34(3,4)39-35(38-33)24-12-14-30-28(19-24)26-13-11-22(17-31(26)37-30)20-9-10-21-16-27-25-7-5-6-8-29(25)36-32(27)18-23(21)15-20/h3*5-19H,1-4H3. The third-order valence-electron chi connectivity index (χ3n) is 26.1. The molecule has 12 nitrogen and oxygen atoms in total. The lowest BCUT2D eigenvalue weighted by molar-refractivity contribution is 0.00578. The highest BCUT2D eigenvalue weighted by molar-refractivity contribution is 6.65. The summed E-state index contributed by atoms with van der Waals surface area (Å²) in [6.45, 7) is 24.9. The summed E-state index contributed by atoms with van der Waals surface area (Å²) in [6.07, 6.45) is 0. The lowest BCUT2D eigenvalue weighted by Gasteiger charge is -2.32. The van der Waals surface area contributed by atoms with Crippen LogP contribution in [0.1, 0.15) is 83.1 Å². The second kappa shape index (κ2) is 25.7. The van der Waals surface area contributed by atoms with Crippen molar-refractivity contribution in [3.8, 4) is 33.4 Å². The van der Waals surface area contributed by atoms with Gasteiger partial charge in [0.1, 0.15) is 67.0 Å². The molecule has 9 heterocycles. The van der Waals surface area contributed by atoms with Crippen molar-refractivity contribution < 1.29 is 54.4 Å². The Bertz CT molecular complexity index is 7680. The van der Waals surface area contributed by atoms with E-state index >= 15 is 0 Å². The van der Waals surface area contributed by atoms with Gasteiger partial charge >= 0.3 is 21.4 Å². The van der Waals surface area contributed by atoms with Crippen LogP contribution in [0.3, 0.4) is 0 Å². The van der Waals surface area contributed by atoms with E-state index in [1.165, 1.54) is 21.7 Å². The Labute approximate surface area is 675 Å². The summed E-state index contributed by atoms with van der Waals surface area (Å²) in [5.74, 6) is 0. The summed E-state index contributed by atoms with van der Waals surface area (Å²) in [7, 11) is -1.32. The molecule has 15 heteroatoms. The second-order valence-electron chi connectivity index (χ2n) is 34.9. The third-order valence-corrected chi connectivity index (χ3v) is 26.1. The van der Waals surface area contributed by atoms with Gasteiger partial charge in [-0.15, -0.1) is 0 Å². The molecule has 21 aromatic rings. The summed E-state index contributed by atoms with van der Waals surface area (Å²) >= 11 is 0. The van der Waals surface area contributed by atoms with E-state index < -0.39 is 32.6 Å². The highest BCUT2D eigenvalue weighted by Crippen LogP contribution is 2.46. The molecule has 0 bridgehead atoms. The predicted octanol–water partition coefficient (Wildman–Crippen LogP) is 25.8. The van der Waals surface area contributed by atoms with E-state index in [0.29, 0.717) is 0 Å². The fourth-order valence-electron chi connectivity index (χ4n) is 17.4. The lowest BCUT2D eigenvalue weighted by Crippen LogP contribution is -2.41. The van der Waals surface area contributed by atoms with Crippen LogP contribution >= 0.6 is 0 Å². The van der Waals surface area contributed by atoms with Gasteiger partial charge in [0, 0.05) is 75.7 Å². The molecule has 3 fully saturated rings. The molecule has 3 aliphatic heterocycles. The molecule has 3 aliphatic rings. The zero-order valence-corrected chi connectivity index (χ0v) is 67.1. The SMILES string of the molecule is CC1(C)OB(c2ccc3c(c2)oc2ccc(-c4cccc5cc6c(cc45)oc4ccccc46)cc23)OC1(C)C.CC1(C)OB(c2ccc3oc4cc(-c5ccc6cc7c(cc6c5)oc5ccccc57)ccc4c3c2)OC1(C)C.CC1(C)OB(c2cccc3c2oc2c(-c4ccc5cc6oc7ccccc7c6cc5c4)cccc23)OC1(C)C. The van der Waals surface area contributed by atoms with E-state index in [1.54, 1.807) is 0 Å². The molecule has 3 saturated heterocycles. The zero-order valence-electron chi connectivity index (χ0n) is 67.1. The average molecular weight is 1530 g/mol. The Kier molecular flexibility index (Phi) is 15.7. The highest BCUT2D eigenvalue weighted by Gasteiger charge is 2.54. The van der Waals surface area contributed by atoms with Crippen molar-refractivity contribution in [1.82, 2.24) is 0 Å². The van der Waals surface area contributed by atoms with E-state index in [1.807, 2.05) is 60.7 Å². The number of benzene rings is 15. The minimum Gasteiger partial charge on any atom is -0.456 e. The van der Waals surface area contributed by atoms with Crippen LogP contribution in [0.4, 0.5) is 0 Å². The van der Waals surface area contributed by atoms with Gasteiger partial charge in [0.05, 0.1) is 33.6 Å². The number of furan rings is 6. The third kappa shape index (κ3) is 11.5. The first-order chi connectivity index (χ1) is 56.3. The first kappa shape index (κ1) is 71.4. The van der Waals surface area contributed by atoms with Crippen LogP contribution in [0.15, 0.2) is 299 Å². The van der Waals surface area contributed by atoms with Gasteiger partial charge in [-0.3, -0.25) is 0 Å². The monoisotopic (exact) mass is 1530 g/mol. The number of para-hydroxylation sites is 5. The number of hydrogen-bond acceptors (Lipinski definition) is 12. The minimum atomic E-state index is -0.490. The highest BCUT2D eigenvalue weighted by atomic mass is 16.7. The van der Waals surface area contributed by atoms with Gasteiger partial charge in [-0.05, 0) is 257 Å². The van der Waals surface area contributed by atoms with Crippen LogP contribution in [0.5, 0.6) is 0 Å². The molecule has 24 rings (SSSR count). The van der Waals surface area contributed by atoms with Crippen molar-refractivity contribution in [1.29, 1.82) is 0 Å². The molecule has 0 saturated carbocycles. The smallest absolute Gasteiger partial charge is 0.456 e. The second-order valence-corrected chi connectivity index (χ2v) is 34.9. The summed E-state index contributed by atoms with van der Waals surface area (Å²) in [4.78, 5) is 0. The predicted molar refractivity (Wildman–Crippen MR) is 479 cm³/mol. The van der Waals surface area contributed by atoms with Gasteiger partial charge in [0.2, 0.25) is 0 Å². The van der Waals surface area contributed by atoms with E-state index in [0.717, 1.165) is 192 Å². The first-order valence-corrected chi connectivity index (χ1v) is 40.3. The van der Waals surface area contributed by atoms with E-state index in [4.69, 9.17) is 54.4 Å². The van der Waals surface area contributed by atoms with E-state index in [-0.39, 0.29) is 22.4 Å². The lowest BCUT2D eigenvalue weighted by atomic mass is 9.78. The van der Waals surface area contributed by atoms with Crippen molar-refractivity contribution in [3.63, 3.8) is 0 Å². The van der Waals surface area contributed by atoms with Gasteiger partial charge in [0.15, 0.2) is 0 Å². The number of fused-ring (bicyclic) bond motifs is 21. The Morgan fingerprint density at radius 1 is 0.188 bits per heavy atom. The topological polar surface area (TPSA) is 134 Å². The zero-order chi connectivity index (χ0) is 79.6. The average Bonchev–Trinajstić information content (AvgIpc) is 1.60. The quantitative estimate of drug-likeness (QED) is 0.147. The molecule has 0 spiro atoms. The van der Waals surface area contributed by atoms with Crippen molar-refractivity contribution in [2.24, 2.45) is 0 Å². The van der Waals surface area contributed by atoms with Crippen LogP contribution in [-0.2, 0) is 27.9 Å². The number of hydrogen-bond donors (Lipinski definition) is 0. The molecule has 117 heavy (non-hydrogen) atoms. The van der Waals surface area contributed by atoms with Crippen molar-refractivity contribution in [3.05, 3.63) is 273 Å². The Morgan fingerprint density at radius 3 is 1.17 bits per heavy atom. The van der Waals surface area contributed by atoms with E-state index in [2.05, 4.69) is 295 Å². The Balaban J connectivity index is 0.000000106. The summed E-state index contributed by atoms with van der Waals surface area (Å²) in [6, 6.07) is 95.3. The fraction of sp³-hybridized carbons (Fsp3) is 0.176. The molecule has 570 valence electrons. The fourth-order valence-corrected chi connectivity index (χ4v) is 17.4. The van der Waals surface area contributed by atoms with Crippen molar-refractivity contribution in [2.45, 2.75) is 117 Å². The van der Waals surface area contributed by atoms with E-state index in [9.17, 15) is 0 Å². The summed E-state index contributed by atoms with van der Waals surface area (Å²) in [5.41, 5.74) is 17.8. The van der Waals surface area contributed by atoms with Gasteiger partial charge in [-0.1, -0.05) is 170 Å². The maximum atomic E-state index is 6.67. The molecule has 15 aromatic carbocycles. The van der Waals surface area contributed by atoms with Crippen molar-refractivity contribution in [2.75, 3.05) is 0 Å². The van der Waals surface area contributed by atoms with Gasteiger partial charge < -0.3 is 54.4 Å². The van der Waals surface area contributed by atoms with Crippen LogP contribution in [0.25, 0.3) is 197 Å². The van der Waals surface area contributed by atoms with Gasteiger partial charge in [-0.2, -0.15) is 0 Å². The van der Waals surface area contributed by atoms with Crippen LogP contribution in [0.2, 0.25) is 0 Å². The summed E-state index contributed by atoms with van der Waals surface area (Å²) in [5, 5.41) is 20.3. The Morgan fingerprint density at radius 2 is 0.556 bits per heavy atom. The maximum absolute atomic E-state index is 6.67. The summed E-state index contributed by atoms with van der Waals surface area (Å²) < 4.78 is 75.6. The molecular formula is C102H81B3O12. The maximum Gasteiger partial charge on any atom is 0.498 e. The largest absolute Gasteiger partial charge is 0.498 e. The van der Waals surface area contributed by atoms with Crippen LogP contribution < -0.4 is 16.4 Å². The molecule has 0 unspecified atom stereocenters. The molecule has 0 amide bonds. The molecule has 0 radical (unpaired) electrons. The Hall–Kier alpha value is -12.2. The van der Waals surface area contributed by atoms with Gasteiger partial charge in [-0.25, -0.2) is 0 Å². The normalized spacial score (nSPS) is 16.9. The molecular weight excluding hydrogens is 1450 g/mol.